The van der Waals surface area contributed by atoms with Gasteiger partial charge in [0.05, 0.1) is 0 Å². The average Bonchev–Trinajstić information content (AvgIpc) is 3.45. The number of aryl methyl sites for hydroxylation is 1. The van der Waals surface area contributed by atoms with Gasteiger partial charge in [0, 0.05) is 17.4 Å². The molecule has 0 radical (unpaired) electrons. The Morgan fingerprint density at radius 3 is 1.86 bits per heavy atom. The van der Waals surface area contributed by atoms with Gasteiger partial charge in [0.2, 0.25) is 0 Å². The standard InChI is InChI=1S/C42H28O/c1-2-12-28-25-29(22-21-27(28)11-1)31-13-3-4-15-33(31)42-36-18-7-5-16-34(36)41(35-17-6-8-19-37(35)42)30-23-24-40-38(26-30)32-14-9-10-20-39(32)43-40/h1-9,11-19,21-26H,10,20H2. The Morgan fingerprint density at radius 1 is 0.465 bits per heavy atom. The Hall–Kier alpha value is -5.40. The highest BCUT2D eigenvalue weighted by molar-refractivity contribution is 6.22. The van der Waals surface area contributed by atoms with Crippen molar-refractivity contribution in [3.63, 3.8) is 0 Å². The van der Waals surface area contributed by atoms with E-state index >= 15 is 0 Å². The van der Waals surface area contributed by atoms with Crippen LogP contribution in [0.1, 0.15) is 17.7 Å². The third kappa shape index (κ3) is 3.78. The molecule has 202 valence electrons. The lowest BCUT2D eigenvalue weighted by atomic mass is 9.83. The molecule has 1 heteroatoms. The summed E-state index contributed by atoms with van der Waals surface area (Å²) in [6.07, 6.45) is 6.50. The van der Waals surface area contributed by atoms with Gasteiger partial charge in [-0.25, -0.2) is 0 Å². The molecule has 1 nitrogen and oxygen atoms in total. The van der Waals surface area contributed by atoms with Crippen LogP contribution in [0.25, 0.3) is 82.7 Å². The SMILES string of the molecule is C1=Cc2c(oc3ccc(-c4c5ccccc5c(-c5ccccc5-c5ccc6ccccc6c5)c5ccccc45)cc23)CC1. The van der Waals surface area contributed by atoms with E-state index in [0.29, 0.717) is 0 Å². The first-order valence-electron chi connectivity index (χ1n) is 15.1. The molecular weight excluding hydrogens is 520 g/mol. The highest BCUT2D eigenvalue weighted by Crippen LogP contribution is 2.47. The quantitative estimate of drug-likeness (QED) is 0.200. The van der Waals surface area contributed by atoms with Crippen LogP contribution in [0.5, 0.6) is 0 Å². The summed E-state index contributed by atoms with van der Waals surface area (Å²) >= 11 is 0. The topological polar surface area (TPSA) is 13.1 Å². The summed E-state index contributed by atoms with van der Waals surface area (Å²) in [6.45, 7) is 0. The van der Waals surface area contributed by atoms with E-state index in [1.165, 1.54) is 76.6 Å². The van der Waals surface area contributed by atoms with Crippen LogP contribution in [0.15, 0.2) is 144 Å². The van der Waals surface area contributed by atoms with Crippen LogP contribution >= 0.6 is 0 Å². The van der Waals surface area contributed by atoms with E-state index in [9.17, 15) is 0 Å². The predicted molar refractivity (Wildman–Crippen MR) is 182 cm³/mol. The van der Waals surface area contributed by atoms with E-state index < -0.39 is 0 Å². The van der Waals surface area contributed by atoms with Gasteiger partial charge in [-0.3, -0.25) is 0 Å². The normalized spacial score (nSPS) is 12.8. The third-order valence-electron chi connectivity index (χ3n) is 9.10. The summed E-state index contributed by atoms with van der Waals surface area (Å²) in [7, 11) is 0. The van der Waals surface area contributed by atoms with E-state index in [2.05, 4.69) is 146 Å². The monoisotopic (exact) mass is 548 g/mol. The van der Waals surface area contributed by atoms with Crippen molar-refractivity contribution < 1.29 is 4.42 Å². The minimum Gasteiger partial charge on any atom is -0.460 e. The van der Waals surface area contributed by atoms with Gasteiger partial charge in [-0.05, 0) is 90.3 Å². The minimum atomic E-state index is 0.965. The summed E-state index contributed by atoms with van der Waals surface area (Å²) < 4.78 is 6.26. The summed E-state index contributed by atoms with van der Waals surface area (Å²) in [4.78, 5) is 0. The molecule has 0 saturated heterocycles. The zero-order valence-corrected chi connectivity index (χ0v) is 23.7. The molecule has 1 aliphatic carbocycles. The molecule has 0 unspecified atom stereocenters. The van der Waals surface area contributed by atoms with Crippen molar-refractivity contribution >= 4 is 49.4 Å². The average molecular weight is 549 g/mol. The van der Waals surface area contributed by atoms with Crippen molar-refractivity contribution in [1.29, 1.82) is 0 Å². The zero-order valence-electron chi connectivity index (χ0n) is 23.7. The van der Waals surface area contributed by atoms with Crippen molar-refractivity contribution in [3.8, 4) is 33.4 Å². The van der Waals surface area contributed by atoms with E-state index in [-0.39, 0.29) is 0 Å². The van der Waals surface area contributed by atoms with Gasteiger partial charge in [0.25, 0.3) is 0 Å². The van der Waals surface area contributed by atoms with Crippen molar-refractivity contribution in [2.24, 2.45) is 0 Å². The van der Waals surface area contributed by atoms with Crippen LogP contribution in [-0.4, -0.2) is 0 Å². The van der Waals surface area contributed by atoms with Gasteiger partial charge in [-0.1, -0.05) is 127 Å². The highest BCUT2D eigenvalue weighted by atomic mass is 16.3. The summed E-state index contributed by atoms with van der Waals surface area (Å²) in [5.41, 5.74) is 9.70. The fourth-order valence-electron chi connectivity index (χ4n) is 7.15. The molecule has 0 bridgehead atoms. The number of furan rings is 1. The van der Waals surface area contributed by atoms with Crippen molar-refractivity contribution in [2.75, 3.05) is 0 Å². The molecule has 43 heavy (non-hydrogen) atoms. The lowest BCUT2D eigenvalue weighted by Gasteiger charge is -2.20. The maximum atomic E-state index is 6.26. The van der Waals surface area contributed by atoms with Gasteiger partial charge >= 0.3 is 0 Å². The maximum Gasteiger partial charge on any atom is 0.134 e. The highest BCUT2D eigenvalue weighted by Gasteiger charge is 2.20. The van der Waals surface area contributed by atoms with Gasteiger partial charge in [-0.15, -0.1) is 0 Å². The first-order valence-corrected chi connectivity index (χ1v) is 15.1. The van der Waals surface area contributed by atoms with Crippen LogP contribution in [0.3, 0.4) is 0 Å². The van der Waals surface area contributed by atoms with Gasteiger partial charge in [0.15, 0.2) is 0 Å². The van der Waals surface area contributed by atoms with Crippen LogP contribution in [0, 0.1) is 0 Å². The third-order valence-corrected chi connectivity index (χ3v) is 9.10. The molecule has 0 saturated carbocycles. The molecule has 1 aliphatic rings. The Morgan fingerprint density at radius 2 is 1.09 bits per heavy atom. The number of allylic oxidation sites excluding steroid dienone is 1. The van der Waals surface area contributed by atoms with E-state index in [1.807, 2.05) is 0 Å². The lowest BCUT2D eigenvalue weighted by molar-refractivity contribution is 0.546. The molecule has 8 aromatic rings. The number of benzene rings is 7. The van der Waals surface area contributed by atoms with Crippen LogP contribution < -0.4 is 0 Å². The van der Waals surface area contributed by atoms with Crippen molar-refractivity contribution in [2.45, 2.75) is 12.8 Å². The summed E-state index contributed by atoms with van der Waals surface area (Å²) in [5, 5.41) is 8.76. The summed E-state index contributed by atoms with van der Waals surface area (Å²) in [5.74, 6) is 1.10. The molecular formula is C42H28O. The molecule has 0 atom stereocenters. The second-order valence-electron chi connectivity index (χ2n) is 11.5. The number of fused-ring (bicyclic) bond motifs is 6. The van der Waals surface area contributed by atoms with Crippen LogP contribution in [-0.2, 0) is 6.42 Å². The molecule has 0 N–H and O–H groups in total. The zero-order chi connectivity index (χ0) is 28.3. The number of hydrogen-bond acceptors (Lipinski definition) is 1. The first-order chi connectivity index (χ1) is 21.3. The summed E-state index contributed by atoms with van der Waals surface area (Å²) in [6, 6.07) is 48.8. The molecule has 0 spiro atoms. The van der Waals surface area contributed by atoms with Crippen LogP contribution in [0.4, 0.5) is 0 Å². The molecule has 0 fully saturated rings. The van der Waals surface area contributed by atoms with Crippen molar-refractivity contribution in [1.82, 2.24) is 0 Å². The number of rotatable bonds is 3. The Kier molecular flexibility index (Phi) is 5.39. The van der Waals surface area contributed by atoms with Gasteiger partial charge in [0.1, 0.15) is 11.3 Å². The first kappa shape index (κ1) is 24.2. The van der Waals surface area contributed by atoms with E-state index in [0.717, 1.165) is 24.2 Å². The second-order valence-corrected chi connectivity index (χ2v) is 11.5. The molecule has 1 aromatic heterocycles. The second kappa shape index (κ2) is 9.58. The molecule has 1 heterocycles. The Balaban J connectivity index is 1.34. The number of hydrogen-bond donors (Lipinski definition) is 0. The molecule has 0 amide bonds. The Labute approximate surface area is 250 Å². The van der Waals surface area contributed by atoms with E-state index in [4.69, 9.17) is 4.42 Å². The minimum absolute atomic E-state index is 0.965. The molecule has 9 rings (SSSR count). The van der Waals surface area contributed by atoms with Gasteiger partial charge in [-0.2, -0.15) is 0 Å². The Bertz CT molecular complexity index is 2340. The van der Waals surface area contributed by atoms with Gasteiger partial charge < -0.3 is 4.42 Å². The fraction of sp³-hybridized carbons (Fsp3) is 0.0476. The largest absolute Gasteiger partial charge is 0.460 e. The maximum absolute atomic E-state index is 6.26. The molecule has 0 aliphatic heterocycles. The van der Waals surface area contributed by atoms with Crippen LogP contribution in [0.2, 0.25) is 0 Å². The lowest BCUT2D eigenvalue weighted by Crippen LogP contribution is -1.93. The molecule has 7 aromatic carbocycles. The fourth-order valence-corrected chi connectivity index (χ4v) is 7.15. The smallest absolute Gasteiger partial charge is 0.134 e. The predicted octanol–water partition coefficient (Wildman–Crippen LogP) is 11.9. The van der Waals surface area contributed by atoms with E-state index in [1.54, 1.807) is 0 Å². The van der Waals surface area contributed by atoms with Crippen molar-refractivity contribution in [3.05, 3.63) is 151 Å².